The largest absolute Gasteiger partial charge is 0.330 e. The molecule has 1 aliphatic rings. The maximum Gasteiger partial charge on any atom is 0.0628 e. The second kappa shape index (κ2) is 4.35. The SMILES string of the molecule is Cc1nn(CC2CCC2)c(C)c1CCN. The van der Waals surface area contributed by atoms with Gasteiger partial charge in [0.05, 0.1) is 5.69 Å². The summed E-state index contributed by atoms with van der Waals surface area (Å²) >= 11 is 0. The molecular weight excluding hydrogens is 186 g/mol. The van der Waals surface area contributed by atoms with Gasteiger partial charge in [-0.05, 0) is 51.1 Å². The Morgan fingerprint density at radius 3 is 2.67 bits per heavy atom. The maximum absolute atomic E-state index is 5.61. The molecule has 1 fully saturated rings. The van der Waals surface area contributed by atoms with Crippen molar-refractivity contribution >= 4 is 0 Å². The summed E-state index contributed by atoms with van der Waals surface area (Å²) in [7, 11) is 0. The van der Waals surface area contributed by atoms with Crippen LogP contribution in [-0.2, 0) is 13.0 Å². The maximum atomic E-state index is 5.61. The Hall–Kier alpha value is -0.830. The summed E-state index contributed by atoms with van der Waals surface area (Å²) in [4.78, 5) is 0. The highest BCUT2D eigenvalue weighted by Gasteiger charge is 2.20. The van der Waals surface area contributed by atoms with E-state index < -0.39 is 0 Å². The molecular formula is C12H21N3. The average Bonchev–Trinajstić information content (AvgIpc) is 2.40. The van der Waals surface area contributed by atoms with Gasteiger partial charge in [0.25, 0.3) is 0 Å². The first-order chi connectivity index (χ1) is 7.22. The smallest absolute Gasteiger partial charge is 0.0628 e. The van der Waals surface area contributed by atoms with Crippen molar-refractivity contribution in [1.82, 2.24) is 9.78 Å². The third kappa shape index (κ3) is 2.07. The van der Waals surface area contributed by atoms with Crippen LogP contribution in [0.15, 0.2) is 0 Å². The molecule has 0 amide bonds. The van der Waals surface area contributed by atoms with E-state index in [-0.39, 0.29) is 0 Å². The van der Waals surface area contributed by atoms with Gasteiger partial charge in [-0.1, -0.05) is 6.42 Å². The number of nitrogens with two attached hydrogens (primary N) is 1. The van der Waals surface area contributed by atoms with Crippen LogP contribution in [0.5, 0.6) is 0 Å². The molecule has 0 unspecified atom stereocenters. The van der Waals surface area contributed by atoms with Crippen molar-refractivity contribution in [3.63, 3.8) is 0 Å². The monoisotopic (exact) mass is 207 g/mol. The predicted molar refractivity (Wildman–Crippen MR) is 61.8 cm³/mol. The topological polar surface area (TPSA) is 43.8 Å². The van der Waals surface area contributed by atoms with Crippen LogP contribution in [0.3, 0.4) is 0 Å². The van der Waals surface area contributed by atoms with Crippen LogP contribution < -0.4 is 5.73 Å². The van der Waals surface area contributed by atoms with E-state index in [4.69, 9.17) is 5.73 Å². The van der Waals surface area contributed by atoms with Crippen molar-refractivity contribution in [2.75, 3.05) is 6.54 Å². The normalized spacial score (nSPS) is 16.7. The van der Waals surface area contributed by atoms with E-state index in [9.17, 15) is 0 Å². The first-order valence-corrected chi connectivity index (χ1v) is 5.95. The minimum Gasteiger partial charge on any atom is -0.330 e. The molecule has 1 saturated carbocycles. The standard InChI is InChI=1S/C12H21N3/c1-9-12(6-7-13)10(2)15(14-9)8-11-4-3-5-11/h11H,3-8,13H2,1-2H3. The Labute approximate surface area is 91.7 Å². The molecule has 1 aliphatic carbocycles. The van der Waals surface area contributed by atoms with Crippen LogP contribution in [0, 0.1) is 19.8 Å². The molecule has 84 valence electrons. The number of nitrogens with zero attached hydrogens (tertiary/aromatic N) is 2. The number of aryl methyl sites for hydroxylation is 1. The predicted octanol–water partition coefficient (Wildman–Crippen LogP) is 1.80. The van der Waals surface area contributed by atoms with E-state index in [1.165, 1.54) is 30.5 Å². The van der Waals surface area contributed by atoms with Crippen molar-refractivity contribution in [1.29, 1.82) is 0 Å². The van der Waals surface area contributed by atoms with E-state index >= 15 is 0 Å². The Kier molecular flexibility index (Phi) is 3.10. The lowest BCUT2D eigenvalue weighted by Gasteiger charge is -2.25. The van der Waals surface area contributed by atoms with Gasteiger partial charge in [-0.2, -0.15) is 5.10 Å². The summed E-state index contributed by atoms with van der Waals surface area (Å²) in [5.41, 5.74) is 9.46. The highest BCUT2D eigenvalue weighted by Crippen LogP contribution is 2.28. The molecule has 0 atom stereocenters. The fourth-order valence-corrected chi connectivity index (χ4v) is 2.34. The molecule has 0 aliphatic heterocycles. The number of aromatic nitrogens is 2. The Morgan fingerprint density at radius 1 is 1.40 bits per heavy atom. The summed E-state index contributed by atoms with van der Waals surface area (Å²) in [6, 6.07) is 0. The zero-order valence-corrected chi connectivity index (χ0v) is 9.79. The summed E-state index contributed by atoms with van der Waals surface area (Å²) in [6.45, 7) is 6.09. The molecule has 3 heteroatoms. The molecule has 1 aromatic rings. The van der Waals surface area contributed by atoms with E-state index in [2.05, 4.69) is 23.6 Å². The highest BCUT2D eigenvalue weighted by atomic mass is 15.3. The van der Waals surface area contributed by atoms with Gasteiger partial charge in [-0.3, -0.25) is 4.68 Å². The molecule has 0 bridgehead atoms. The molecule has 2 N–H and O–H groups in total. The van der Waals surface area contributed by atoms with Crippen LogP contribution in [0.4, 0.5) is 0 Å². The molecule has 3 nitrogen and oxygen atoms in total. The number of rotatable bonds is 4. The minimum atomic E-state index is 0.719. The van der Waals surface area contributed by atoms with Crippen molar-refractivity contribution in [2.24, 2.45) is 11.7 Å². The van der Waals surface area contributed by atoms with Gasteiger partial charge >= 0.3 is 0 Å². The van der Waals surface area contributed by atoms with Crippen LogP contribution in [0.25, 0.3) is 0 Å². The minimum absolute atomic E-state index is 0.719. The van der Waals surface area contributed by atoms with Gasteiger partial charge in [0.2, 0.25) is 0 Å². The number of hydrogen-bond donors (Lipinski definition) is 1. The lowest BCUT2D eigenvalue weighted by molar-refractivity contribution is 0.264. The third-order valence-electron chi connectivity index (χ3n) is 3.58. The molecule has 15 heavy (non-hydrogen) atoms. The Balaban J connectivity index is 2.12. The fraction of sp³-hybridized carbons (Fsp3) is 0.750. The van der Waals surface area contributed by atoms with Gasteiger partial charge < -0.3 is 5.73 Å². The third-order valence-corrected chi connectivity index (χ3v) is 3.58. The summed E-state index contributed by atoms with van der Waals surface area (Å²) in [6.07, 6.45) is 5.12. The van der Waals surface area contributed by atoms with Crippen LogP contribution >= 0.6 is 0 Å². The van der Waals surface area contributed by atoms with Gasteiger partial charge in [0, 0.05) is 12.2 Å². The lowest BCUT2D eigenvalue weighted by Crippen LogP contribution is -2.19. The molecule has 0 aromatic carbocycles. The molecule has 1 heterocycles. The van der Waals surface area contributed by atoms with Gasteiger partial charge in [-0.25, -0.2) is 0 Å². The average molecular weight is 207 g/mol. The zero-order chi connectivity index (χ0) is 10.8. The van der Waals surface area contributed by atoms with Crippen LogP contribution in [0.1, 0.15) is 36.2 Å². The van der Waals surface area contributed by atoms with Crippen molar-refractivity contribution < 1.29 is 0 Å². The highest BCUT2D eigenvalue weighted by molar-refractivity contribution is 5.24. The molecule has 1 aromatic heterocycles. The van der Waals surface area contributed by atoms with Crippen LogP contribution in [0.2, 0.25) is 0 Å². The van der Waals surface area contributed by atoms with E-state index in [1.807, 2.05) is 0 Å². The van der Waals surface area contributed by atoms with E-state index in [0.29, 0.717) is 0 Å². The van der Waals surface area contributed by atoms with Crippen LogP contribution in [-0.4, -0.2) is 16.3 Å². The Bertz CT molecular complexity index is 337. The second-order valence-corrected chi connectivity index (χ2v) is 4.67. The molecule has 0 saturated heterocycles. The Morgan fingerprint density at radius 2 is 2.13 bits per heavy atom. The van der Waals surface area contributed by atoms with Gasteiger partial charge in [0.15, 0.2) is 0 Å². The molecule has 0 spiro atoms. The van der Waals surface area contributed by atoms with Crippen molar-refractivity contribution in [3.05, 3.63) is 17.0 Å². The van der Waals surface area contributed by atoms with E-state index in [1.54, 1.807) is 0 Å². The van der Waals surface area contributed by atoms with Gasteiger partial charge in [-0.15, -0.1) is 0 Å². The first kappa shape index (κ1) is 10.7. The summed E-state index contributed by atoms with van der Waals surface area (Å²) in [5, 5.41) is 4.61. The summed E-state index contributed by atoms with van der Waals surface area (Å²) < 4.78 is 2.18. The number of hydrogen-bond acceptors (Lipinski definition) is 2. The van der Waals surface area contributed by atoms with Crippen molar-refractivity contribution in [2.45, 2.75) is 46.1 Å². The van der Waals surface area contributed by atoms with E-state index in [0.717, 1.165) is 31.1 Å². The fourth-order valence-electron chi connectivity index (χ4n) is 2.34. The zero-order valence-electron chi connectivity index (χ0n) is 9.79. The summed E-state index contributed by atoms with van der Waals surface area (Å²) in [5.74, 6) is 0.869. The quantitative estimate of drug-likeness (QED) is 0.818. The molecule has 2 rings (SSSR count). The lowest BCUT2D eigenvalue weighted by atomic mass is 9.85. The molecule has 0 radical (unpaired) electrons. The second-order valence-electron chi connectivity index (χ2n) is 4.67. The van der Waals surface area contributed by atoms with Crippen molar-refractivity contribution in [3.8, 4) is 0 Å². The first-order valence-electron chi connectivity index (χ1n) is 5.95. The van der Waals surface area contributed by atoms with Gasteiger partial charge in [0.1, 0.15) is 0 Å².